The Morgan fingerprint density at radius 2 is 1.94 bits per heavy atom. The molecule has 84 valence electrons. The topological polar surface area (TPSA) is 78.9 Å². The third-order valence-corrected chi connectivity index (χ3v) is 2.64. The minimum atomic E-state index is -0.319. The van der Waals surface area contributed by atoms with Gasteiger partial charge in [-0.25, -0.2) is 0 Å². The first-order valence-electron chi connectivity index (χ1n) is 4.84. The van der Waals surface area contributed by atoms with Crippen molar-refractivity contribution in [2.75, 3.05) is 0 Å². The molecule has 3 rings (SSSR count). The van der Waals surface area contributed by atoms with Crippen LogP contribution in [0.15, 0.2) is 38.3 Å². The lowest BCUT2D eigenvalue weighted by Gasteiger charge is -2.04. The van der Waals surface area contributed by atoms with E-state index in [0.29, 0.717) is 16.7 Å². The number of nitrogens with one attached hydrogen (secondary N) is 2. The van der Waals surface area contributed by atoms with E-state index in [2.05, 4.69) is 9.97 Å². The number of H-pyrrole nitrogens is 2. The summed E-state index contributed by atoms with van der Waals surface area (Å²) in [5.41, 5.74) is 0.481. The largest absolute Gasteiger partial charge is 0.439 e. The van der Waals surface area contributed by atoms with E-state index in [1.165, 1.54) is 12.1 Å². The highest BCUT2D eigenvalue weighted by molar-refractivity contribution is 7.71. The first-order chi connectivity index (χ1) is 8.13. The third kappa shape index (κ3) is 1.58. The molecule has 2 aliphatic rings. The number of aromatic nitrogens is 2. The minimum absolute atomic E-state index is 0.149. The summed E-state index contributed by atoms with van der Waals surface area (Å²) >= 11 is 4.84. The second-order valence-electron chi connectivity index (χ2n) is 3.60. The van der Waals surface area contributed by atoms with Gasteiger partial charge in [-0.1, -0.05) is 0 Å². The van der Waals surface area contributed by atoms with Crippen LogP contribution >= 0.6 is 12.2 Å². The molecule has 0 bridgehead atoms. The van der Waals surface area contributed by atoms with Gasteiger partial charge in [-0.2, -0.15) is 0 Å². The number of benzene rings is 1. The van der Waals surface area contributed by atoms with E-state index in [1.807, 2.05) is 0 Å². The van der Waals surface area contributed by atoms with Gasteiger partial charge >= 0.3 is 0 Å². The predicted molar refractivity (Wildman–Crippen MR) is 64.9 cm³/mol. The molecular formula is C11H6N2O3S. The highest BCUT2D eigenvalue weighted by Crippen LogP contribution is 2.23. The summed E-state index contributed by atoms with van der Waals surface area (Å²) < 4.78 is 5.63. The van der Waals surface area contributed by atoms with Gasteiger partial charge in [-0.3, -0.25) is 14.6 Å². The molecule has 6 heteroatoms. The summed E-state index contributed by atoms with van der Waals surface area (Å²) in [6.07, 6.45) is 0. The van der Waals surface area contributed by atoms with Crippen LogP contribution in [0, 0.1) is 4.77 Å². The second kappa shape index (κ2) is 3.39. The van der Waals surface area contributed by atoms with Crippen molar-refractivity contribution in [2.45, 2.75) is 0 Å². The van der Waals surface area contributed by atoms with Crippen LogP contribution in [-0.4, -0.2) is 9.97 Å². The summed E-state index contributed by atoms with van der Waals surface area (Å²) in [4.78, 5) is 28.0. The second-order valence-corrected chi connectivity index (χ2v) is 4.01. The fraction of sp³-hybridized carbons (Fsp3) is 0. The van der Waals surface area contributed by atoms with Gasteiger partial charge in [0.05, 0.1) is 0 Å². The molecule has 0 radical (unpaired) electrons. The maximum absolute atomic E-state index is 11.6. The van der Waals surface area contributed by atoms with Crippen LogP contribution in [0.25, 0.3) is 22.4 Å². The normalized spacial score (nSPS) is 11.1. The summed E-state index contributed by atoms with van der Waals surface area (Å²) in [6.45, 7) is 0. The summed E-state index contributed by atoms with van der Waals surface area (Å²) in [6, 6.07) is 6.05. The van der Waals surface area contributed by atoms with E-state index in [4.69, 9.17) is 16.6 Å². The summed E-state index contributed by atoms with van der Waals surface area (Å²) in [5, 5.41) is 0.366. The number of hydrogen-bond donors (Lipinski definition) is 2. The van der Waals surface area contributed by atoms with Crippen molar-refractivity contribution in [2.24, 2.45) is 0 Å². The van der Waals surface area contributed by atoms with Crippen molar-refractivity contribution in [3.05, 3.63) is 49.6 Å². The molecule has 1 aliphatic carbocycles. The molecule has 0 aromatic carbocycles. The minimum Gasteiger partial charge on any atom is -0.439 e. The van der Waals surface area contributed by atoms with Gasteiger partial charge in [0.1, 0.15) is 11.1 Å². The average Bonchev–Trinajstić information content (AvgIpc) is 2.26. The predicted octanol–water partition coefficient (Wildman–Crippen LogP) is 1.64. The van der Waals surface area contributed by atoms with Gasteiger partial charge in [-0.05, 0) is 30.4 Å². The fourth-order valence-corrected chi connectivity index (χ4v) is 1.86. The van der Waals surface area contributed by atoms with E-state index >= 15 is 0 Å². The number of fused-ring (bicyclic) bond motifs is 2. The Hall–Kier alpha value is -2.21. The molecule has 0 saturated heterocycles. The van der Waals surface area contributed by atoms with E-state index in [0.717, 1.165) is 0 Å². The molecule has 1 aromatic rings. The highest BCUT2D eigenvalue weighted by atomic mass is 32.1. The maximum atomic E-state index is 11.6. The molecular weight excluding hydrogens is 240 g/mol. The Kier molecular flexibility index (Phi) is 1.99. The van der Waals surface area contributed by atoms with Crippen LogP contribution in [0.1, 0.15) is 0 Å². The lowest BCUT2D eigenvalue weighted by molar-refractivity contribution is 0.602. The molecule has 0 unspecified atom stereocenters. The molecule has 1 aliphatic heterocycles. The van der Waals surface area contributed by atoms with Crippen molar-refractivity contribution in [1.82, 2.24) is 9.97 Å². The lowest BCUT2D eigenvalue weighted by Crippen LogP contribution is -2.08. The summed E-state index contributed by atoms with van der Waals surface area (Å²) in [7, 11) is 0. The molecule has 0 atom stereocenters. The molecule has 2 heterocycles. The molecule has 0 spiro atoms. The molecule has 1 aromatic heterocycles. The van der Waals surface area contributed by atoms with E-state index < -0.39 is 0 Å². The van der Waals surface area contributed by atoms with Crippen molar-refractivity contribution in [3.8, 4) is 11.3 Å². The lowest BCUT2D eigenvalue weighted by atomic mass is 10.1. The van der Waals surface area contributed by atoms with Crippen LogP contribution in [0.4, 0.5) is 0 Å². The zero-order valence-corrected chi connectivity index (χ0v) is 9.26. The average molecular weight is 246 g/mol. The van der Waals surface area contributed by atoms with Gasteiger partial charge in [0, 0.05) is 11.6 Å². The first kappa shape index (κ1) is 9.98. The Morgan fingerprint density at radius 1 is 1.12 bits per heavy atom. The Balaban J connectivity index is 2.58. The zero-order valence-electron chi connectivity index (χ0n) is 8.44. The number of hydrogen-bond acceptors (Lipinski definition) is 4. The van der Waals surface area contributed by atoms with Crippen LogP contribution in [0.5, 0.6) is 0 Å². The summed E-state index contributed by atoms with van der Waals surface area (Å²) in [5.74, 6) is 0.418. The van der Waals surface area contributed by atoms with E-state index in [-0.39, 0.29) is 21.5 Å². The van der Waals surface area contributed by atoms with Crippen molar-refractivity contribution in [1.29, 1.82) is 0 Å². The SMILES string of the molecule is O=c1ccc2cc3c(=O)[nH]c(=S)[nH]c3oc-2c1. The maximum Gasteiger partial charge on any atom is 0.262 e. The monoisotopic (exact) mass is 246 g/mol. The molecule has 0 saturated carbocycles. The van der Waals surface area contributed by atoms with Crippen molar-refractivity contribution < 1.29 is 4.42 Å². The van der Waals surface area contributed by atoms with Gasteiger partial charge < -0.3 is 9.40 Å². The molecule has 0 fully saturated rings. The number of rotatable bonds is 0. The van der Waals surface area contributed by atoms with Crippen LogP contribution in [0.2, 0.25) is 0 Å². The van der Waals surface area contributed by atoms with Gasteiger partial charge in [0.25, 0.3) is 5.56 Å². The van der Waals surface area contributed by atoms with Crippen molar-refractivity contribution in [3.63, 3.8) is 0 Å². The molecule has 0 amide bonds. The van der Waals surface area contributed by atoms with Crippen molar-refractivity contribution >= 4 is 23.3 Å². The molecule has 5 nitrogen and oxygen atoms in total. The molecule has 17 heavy (non-hydrogen) atoms. The highest BCUT2D eigenvalue weighted by Gasteiger charge is 2.09. The third-order valence-electron chi connectivity index (χ3n) is 2.44. The Bertz CT molecular complexity index is 859. The zero-order chi connectivity index (χ0) is 12.0. The van der Waals surface area contributed by atoms with E-state index in [1.54, 1.807) is 12.1 Å². The van der Waals surface area contributed by atoms with Gasteiger partial charge in [0.15, 0.2) is 10.2 Å². The first-order valence-corrected chi connectivity index (χ1v) is 5.24. The van der Waals surface area contributed by atoms with Crippen LogP contribution < -0.4 is 11.0 Å². The van der Waals surface area contributed by atoms with Crippen LogP contribution in [-0.2, 0) is 0 Å². The smallest absolute Gasteiger partial charge is 0.262 e. The van der Waals surface area contributed by atoms with E-state index in [9.17, 15) is 9.59 Å². The fourth-order valence-electron chi connectivity index (χ4n) is 1.67. The molecule has 2 N–H and O–H groups in total. The van der Waals surface area contributed by atoms with Gasteiger partial charge in [-0.15, -0.1) is 0 Å². The Morgan fingerprint density at radius 3 is 2.76 bits per heavy atom. The van der Waals surface area contributed by atoms with Gasteiger partial charge in [0.2, 0.25) is 5.71 Å². The quantitative estimate of drug-likeness (QED) is 0.467. The number of aromatic amines is 2. The Labute approximate surface area is 99.1 Å². The van der Waals surface area contributed by atoms with Crippen LogP contribution in [0.3, 0.4) is 0 Å². The standard InChI is InChI=1S/C11H6N2O3S/c14-6-2-1-5-3-7-9(15)12-11(17)13-10(7)16-8(5)4-6/h1-4H,(H2,12,13,15,17).